The number of benzodiazepines with no additional fused rings is 1. The van der Waals surface area contributed by atoms with Crippen LogP contribution in [0.2, 0.25) is 0 Å². The maximum atomic E-state index is 13.0. The fourth-order valence-electron chi connectivity index (χ4n) is 4.45. The number of aliphatic imine (C=N–C) groups is 1. The number of carbonyl (C=O) groups is 2. The van der Waals surface area contributed by atoms with Crippen molar-refractivity contribution in [3.63, 3.8) is 0 Å². The third kappa shape index (κ3) is 6.03. The molecule has 11 heteroatoms. The molecule has 8 nitrogen and oxygen atoms in total. The lowest BCUT2D eigenvalue weighted by atomic mass is 9.96. The number of rotatable bonds is 5. The summed E-state index contributed by atoms with van der Waals surface area (Å²) in [5.41, 5.74) is 1.27. The number of para-hydroxylation sites is 1. The highest BCUT2D eigenvalue weighted by molar-refractivity contribution is 6.19. The van der Waals surface area contributed by atoms with Gasteiger partial charge in [0.1, 0.15) is 12.2 Å². The van der Waals surface area contributed by atoms with E-state index in [4.69, 9.17) is 4.99 Å². The average molecular weight is 503 g/mol. The highest BCUT2D eigenvalue weighted by Gasteiger charge is 2.34. The third-order valence-electron chi connectivity index (χ3n) is 6.28. The van der Waals surface area contributed by atoms with Crippen molar-refractivity contribution in [3.05, 3.63) is 59.7 Å². The molecule has 0 radical (unpaired) electrons. The first kappa shape index (κ1) is 25.6. The second-order valence-corrected chi connectivity index (χ2v) is 8.99. The van der Waals surface area contributed by atoms with E-state index in [1.54, 1.807) is 0 Å². The Labute approximate surface area is 207 Å². The number of piperazine rings is 1. The zero-order valence-electron chi connectivity index (χ0n) is 20.1. The molecule has 1 saturated heterocycles. The van der Waals surface area contributed by atoms with Gasteiger partial charge in [-0.1, -0.05) is 24.3 Å². The number of Topliss-reactive ketones (excluding diaryl/α,β-unsaturated/α-hetero) is 1. The van der Waals surface area contributed by atoms with E-state index in [-0.39, 0.29) is 18.0 Å². The summed E-state index contributed by atoms with van der Waals surface area (Å²) in [6.07, 6.45) is -5.28. The molecular weight excluding hydrogens is 473 g/mol. The number of urea groups is 1. The lowest BCUT2D eigenvalue weighted by molar-refractivity contribution is -0.137. The first-order chi connectivity index (χ1) is 17.1. The molecule has 0 aromatic heterocycles. The van der Waals surface area contributed by atoms with Crippen molar-refractivity contribution in [1.29, 1.82) is 0 Å². The summed E-state index contributed by atoms with van der Waals surface area (Å²) in [5, 5.41) is 8.43. The molecule has 36 heavy (non-hydrogen) atoms. The number of hydrogen-bond donors (Lipinski definition) is 3. The molecular formula is C25H29F3N6O2. The lowest BCUT2D eigenvalue weighted by Gasteiger charge is -2.37. The smallest absolute Gasteiger partial charge is 0.380 e. The van der Waals surface area contributed by atoms with Crippen molar-refractivity contribution in [2.45, 2.75) is 25.3 Å². The normalized spacial score (nSPS) is 19.8. The number of likely N-dealkylation sites (N-methyl/N-ethyl adjacent to an activating group) is 1. The van der Waals surface area contributed by atoms with Gasteiger partial charge >= 0.3 is 12.2 Å². The van der Waals surface area contributed by atoms with Crippen molar-refractivity contribution < 1.29 is 22.8 Å². The minimum atomic E-state index is -4.52. The highest BCUT2D eigenvalue weighted by atomic mass is 19.4. The van der Waals surface area contributed by atoms with Crippen LogP contribution in [-0.2, 0) is 11.0 Å². The maximum Gasteiger partial charge on any atom is 0.416 e. The first-order valence-electron chi connectivity index (χ1n) is 11.7. The molecule has 2 amide bonds. The van der Waals surface area contributed by atoms with Crippen LogP contribution in [0.1, 0.15) is 18.1 Å². The largest absolute Gasteiger partial charge is 0.416 e. The maximum absolute atomic E-state index is 13.0. The van der Waals surface area contributed by atoms with Gasteiger partial charge in [-0.25, -0.2) is 4.79 Å². The topological polar surface area (TPSA) is 89.1 Å². The van der Waals surface area contributed by atoms with Crippen LogP contribution >= 0.6 is 0 Å². The van der Waals surface area contributed by atoms with Gasteiger partial charge in [-0.3, -0.25) is 14.7 Å². The van der Waals surface area contributed by atoms with Crippen LogP contribution in [-0.4, -0.2) is 79.3 Å². The van der Waals surface area contributed by atoms with Crippen molar-refractivity contribution in [1.82, 2.24) is 15.1 Å². The van der Waals surface area contributed by atoms with Gasteiger partial charge in [0.2, 0.25) is 0 Å². The minimum Gasteiger partial charge on any atom is -0.380 e. The molecule has 0 bridgehead atoms. The van der Waals surface area contributed by atoms with E-state index in [1.165, 1.54) is 19.1 Å². The Kier molecular flexibility index (Phi) is 7.60. The molecule has 1 unspecified atom stereocenters. The predicted octanol–water partition coefficient (Wildman–Crippen LogP) is 3.27. The summed E-state index contributed by atoms with van der Waals surface area (Å²) in [6.45, 7) is 4.81. The number of benzene rings is 2. The van der Waals surface area contributed by atoms with Crippen molar-refractivity contribution >= 4 is 28.9 Å². The standard InChI is InChI=1S/C25H29F3N6O2/c1-16(35)23(34-12-10-33(2)11-13-34)22-19-8-3-4-9-20(19)29-15-21(31-22)32-24(36)30-18-7-5-6-17(14-18)25(26,27)28/h3-9,14,21,23,29H,10-13,15H2,1-2H3,(H2,30,32,36)/t21-,23?/m0/s1. The number of anilines is 2. The number of hydrogen-bond acceptors (Lipinski definition) is 6. The van der Waals surface area contributed by atoms with E-state index in [1.807, 2.05) is 31.3 Å². The van der Waals surface area contributed by atoms with Gasteiger partial charge < -0.3 is 20.9 Å². The number of ketones is 1. The van der Waals surface area contributed by atoms with Gasteiger partial charge in [-0.05, 0) is 38.2 Å². The molecule has 0 saturated carbocycles. The number of nitrogens with zero attached hydrogens (tertiary/aromatic N) is 3. The zero-order valence-corrected chi connectivity index (χ0v) is 20.1. The Morgan fingerprint density at radius 2 is 1.81 bits per heavy atom. The molecule has 3 N–H and O–H groups in total. The van der Waals surface area contributed by atoms with Gasteiger partial charge in [-0.15, -0.1) is 0 Å². The molecule has 192 valence electrons. The minimum absolute atomic E-state index is 0.00967. The third-order valence-corrected chi connectivity index (χ3v) is 6.28. The molecule has 2 atom stereocenters. The Morgan fingerprint density at radius 3 is 2.50 bits per heavy atom. The van der Waals surface area contributed by atoms with Crippen LogP contribution < -0.4 is 16.0 Å². The summed E-state index contributed by atoms with van der Waals surface area (Å²) in [5.74, 6) is -0.0535. The van der Waals surface area contributed by atoms with Crippen molar-refractivity contribution in [2.75, 3.05) is 50.4 Å². The molecule has 1 fully saturated rings. The second-order valence-electron chi connectivity index (χ2n) is 8.99. The molecule has 0 aliphatic carbocycles. The van der Waals surface area contributed by atoms with Gasteiger partial charge in [0, 0.05) is 43.1 Å². The van der Waals surface area contributed by atoms with Crippen molar-refractivity contribution in [2.24, 2.45) is 4.99 Å². The van der Waals surface area contributed by atoms with Crippen LogP contribution in [0.5, 0.6) is 0 Å². The quantitative estimate of drug-likeness (QED) is 0.584. The van der Waals surface area contributed by atoms with E-state index in [0.29, 0.717) is 18.8 Å². The summed E-state index contributed by atoms with van der Waals surface area (Å²) >= 11 is 0. The summed E-state index contributed by atoms with van der Waals surface area (Å²) < 4.78 is 39.1. The monoisotopic (exact) mass is 502 g/mol. The molecule has 2 aliphatic heterocycles. The molecule has 2 aromatic carbocycles. The summed E-state index contributed by atoms with van der Waals surface area (Å²) in [6, 6.07) is 10.6. The molecule has 4 rings (SSSR count). The fraction of sp³-hybridized carbons (Fsp3) is 0.400. The Bertz CT molecular complexity index is 1140. The summed E-state index contributed by atoms with van der Waals surface area (Å²) in [7, 11) is 2.03. The number of fused-ring (bicyclic) bond motifs is 1. The number of alkyl halides is 3. The molecule has 2 aromatic rings. The van der Waals surface area contributed by atoms with E-state index in [0.717, 1.165) is 36.5 Å². The Hall–Kier alpha value is -3.44. The summed E-state index contributed by atoms with van der Waals surface area (Å²) in [4.78, 5) is 34.7. The Balaban J connectivity index is 1.58. The average Bonchev–Trinajstić information content (AvgIpc) is 3.00. The Morgan fingerprint density at radius 1 is 1.08 bits per heavy atom. The molecule has 2 heterocycles. The van der Waals surface area contributed by atoms with Gasteiger partial charge in [0.15, 0.2) is 5.78 Å². The SMILES string of the molecule is CC(=O)C(C1=N[C@@H](NC(=O)Nc2cccc(C(F)(F)F)c2)CNc2ccccc21)N1CCN(C)CC1. The van der Waals surface area contributed by atoms with E-state index < -0.39 is 30.0 Å². The van der Waals surface area contributed by atoms with E-state index in [9.17, 15) is 22.8 Å². The van der Waals surface area contributed by atoms with Crippen molar-refractivity contribution in [3.8, 4) is 0 Å². The molecule has 0 spiro atoms. The number of carbonyl (C=O) groups excluding carboxylic acids is 2. The van der Waals surface area contributed by atoms with Crippen LogP contribution in [0.4, 0.5) is 29.3 Å². The van der Waals surface area contributed by atoms with Crippen LogP contribution in [0.25, 0.3) is 0 Å². The van der Waals surface area contributed by atoms with Gasteiger partial charge in [-0.2, -0.15) is 13.2 Å². The lowest BCUT2D eigenvalue weighted by Crippen LogP contribution is -2.54. The number of amides is 2. The highest BCUT2D eigenvalue weighted by Crippen LogP contribution is 2.30. The second kappa shape index (κ2) is 10.7. The first-order valence-corrected chi connectivity index (χ1v) is 11.7. The van der Waals surface area contributed by atoms with Crippen LogP contribution in [0.3, 0.4) is 0 Å². The number of nitrogens with one attached hydrogen (secondary N) is 3. The van der Waals surface area contributed by atoms with E-state index in [2.05, 4.69) is 25.8 Å². The van der Waals surface area contributed by atoms with Gasteiger partial charge in [0.05, 0.1) is 17.8 Å². The van der Waals surface area contributed by atoms with Gasteiger partial charge in [0.25, 0.3) is 0 Å². The fourth-order valence-corrected chi connectivity index (χ4v) is 4.45. The van der Waals surface area contributed by atoms with E-state index >= 15 is 0 Å². The van der Waals surface area contributed by atoms with Crippen LogP contribution in [0.15, 0.2) is 53.5 Å². The zero-order chi connectivity index (χ0) is 25.9. The van der Waals surface area contributed by atoms with Crippen LogP contribution in [0, 0.1) is 0 Å². The number of halogens is 3. The predicted molar refractivity (Wildman–Crippen MR) is 132 cm³/mol. The molecule has 2 aliphatic rings.